The van der Waals surface area contributed by atoms with Crippen molar-refractivity contribution in [1.29, 1.82) is 0 Å². The van der Waals surface area contributed by atoms with Crippen LogP contribution in [-0.2, 0) is 19.6 Å². The number of hydrogen-bond donors (Lipinski definition) is 1. The molecule has 8 heteroatoms. The van der Waals surface area contributed by atoms with Crippen molar-refractivity contribution in [3.05, 3.63) is 137 Å². The second-order valence-electron chi connectivity index (χ2n) is 8.61. The molecule has 0 fully saturated rings. The van der Waals surface area contributed by atoms with E-state index in [0.29, 0.717) is 16.8 Å². The van der Waals surface area contributed by atoms with Crippen LogP contribution in [0.3, 0.4) is 0 Å². The van der Waals surface area contributed by atoms with Crippen LogP contribution in [0.5, 0.6) is 0 Å². The summed E-state index contributed by atoms with van der Waals surface area (Å²) in [6.45, 7) is 1.84. The summed E-state index contributed by atoms with van der Waals surface area (Å²) in [7, 11) is -3.00. The minimum Gasteiger partial charge on any atom is -0.467 e. The van der Waals surface area contributed by atoms with Gasteiger partial charge in [-0.15, -0.1) is 0 Å². The number of hydrogen-bond acceptors (Lipinski definition) is 5. The predicted octanol–water partition coefficient (Wildman–Crippen LogP) is 5.23. The number of carbonyl (C=O) groups is 1. The largest absolute Gasteiger partial charge is 0.467 e. The molecule has 38 heavy (non-hydrogen) atoms. The number of aliphatic imine (C=N–C) groups is 1. The number of halogens is 1. The predicted molar refractivity (Wildman–Crippen MR) is 145 cm³/mol. The van der Waals surface area contributed by atoms with Crippen LogP contribution in [-0.4, -0.2) is 33.3 Å². The highest BCUT2D eigenvalue weighted by molar-refractivity contribution is 7.89. The van der Waals surface area contributed by atoms with Gasteiger partial charge in [0.1, 0.15) is 5.82 Å². The highest BCUT2D eigenvalue weighted by Gasteiger charge is 2.36. The van der Waals surface area contributed by atoms with Crippen molar-refractivity contribution in [2.45, 2.75) is 23.9 Å². The number of sulfonamides is 1. The summed E-state index contributed by atoms with van der Waals surface area (Å²) in [6, 6.07) is 27.4. The van der Waals surface area contributed by atoms with E-state index in [2.05, 4.69) is 4.72 Å². The Bertz CT molecular complexity index is 1480. The van der Waals surface area contributed by atoms with Crippen LogP contribution in [0.2, 0.25) is 0 Å². The van der Waals surface area contributed by atoms with E-state index in [0.717, 1.165) is 5.56 Å². The Hall–Kier alpha value is -4.14. The molecule has 0 saturated carbocycles. The lowest BCUT2D eigenvalue weighted by Gasteiger charge is -2.25. The molecule has 0 unspecified atom stereocenters. The third kappa shape index (κ3) is 6.22. The number of esters is 1. The van der Waals surface area contributed by atoms with Crippen LogP contribution >= 0.6 is 0 Å². The molecule has 1 N–H and O–H groups in total. The molecule has 4 aromatic carbocycles. The third-order valence-electron chi connectivity index (χ3n) is 5.97. The van der Waals surface area contributed by atoms with Crippen LogP contribution < -0.4 is 4.72 Å². The zero-order chi connectivity index (χ0) is 27.1. The lowest BCUT2D eigenvalue weighted by atomic mass is 9.97. The highest BCUT2D eigenvalue weighted by Crippen LogP contribution is 2.27. The van der Waals surface area contributed by atoms with Crippen molar-refractivity contribution < 1.29 is 22.3 Å². The molecule has 0 radical (unpaired) electrons. The molecule has 0 saturated heterocycles. The van der Waals surface area contributed by atoms with Gasteiger partial charge in [-0.25, -0.2) is 22.3 Å². The number of nitrogens with one attached hydrogen (secondary N) is 1. The van der Waals surface area contributed by atoms with Crippen LogP contribution in [0.15, 0.2) is 119 Å². The molecule has 6 nitrogen and oxygen atoms in total. The molecule has 4 rings (SSSR count). The maximum absolute atomic E-state index is 15.1. The second kappa shape index (κ2) is 11.9. The fourth-order valence-electron chi connectivity index (χ4n) is 4.01. The average molecular weight is 531 g/mol. The van der Waals surface area contributed by atoms with E-state index in [4.69, 9.17) is 9.73 Å². The molecule has 194 valence electrons. The summed E-state index contributed by atoms with van der Waals surface area (Å²) in [6.07, 6.45) is 0. The zero-order valence-electron chi connectivity index (χ0n) is 20.9. The van der Waals surface area contributed by atoms with Crippen LogP contribution in [0.4, 0.5) is 4.39 Å². The van der Waals surface area contributed by atoms with E-state index in [1.165, 1.54) is 37.4 Å². The van der Waals surface area contributed by atoms with Gasteiger partial charge >= 0.3 is 5.97 Å². The van der Waals surface area contributed by atoms with E-state index in [-0.39, 0.29) is 10.5 Å². The number of carbonyl (C=O) groups excluding carboxylic acids is 1. The van der Waals surface area contributed by atoms with Gasteiger partial charge in [-0.05, 0) is 25.1 Å². The first-order valence-corrected chi connectivity index (χ1v) is 13.4. The molecule has 0 aliphatic rings. The molecule has 4 aromatic rings. The second-order valence-corrected chi connectivity index (χ2v) is 10.3. The summed E-state index contributed by atoms with van der Waals surface area (Å²) in [4.78, 5) is 17.9. The summed E-state index contributed by atoms with van der Waals surface area (Å²) < 4.78 is 49.6. The lowest BCUT2D eigenvalue weighted by Crippen LogP contribution is -2.41. The molecular weight excluding hydrogens is 503 g/mol. The molecule has 0 amide bonds. The Morgan fingerprint density at radius 3 is 1.87 bits per heavy atom. The smallest absolute Gasteiger partial charge is 0.332 e. The van der Waals surface area contributed by atoms with E-state index in [1.807, 2.05) is 67.6 Å². The first kappa shape index (κ1) is 26.9. The molecule has 0 aliphatic heterocycles. The zero-order valence-corrected chi connectivity index (χ0v) is 21.7. The molecule has 0 heterocycles. The standard InChI is InChI=1S/C30H27FN2O4S/c1-21-17-19-24(20-18-21)38(35,36)33-28(25-15-9-10-16-26(25)31)29(30(34)37-2)32-27(22-11-5-3-6-12-22)23-13-7-4-8-14-23/h3-20,28-29,33H,1-2H3/t28-,29+/m1/s1. The Balaban J connectivity index is 1.91. The van der Waals surface area contributed by atoms with E-state index >= 15 is 4.39 Å². The third-order valence-corrected chi connectivity index (χ3v) is 7.43. The summed E-state index contributed by atoms with van der Waals surface area (Å²) in [5.41, 5.74) is 2.66. The number of rotatable bonds is 9. The Morgan fingerprint density at radius 2 is 1.34 bits per heavy atom. The van der Waals surface area contributed by atoms with Gasteiger partial charge in [-0.2, -0.15) is 0 Å². The van der Waals surface area contributed by atoms with Gasteiger partial charge in [0.2, 0.25) is 10.0 Å². The number of aryl methyl sites for hydroxylation is 1. The van der Waals surface area contributed by atoms with Crippen molar-refractivity contribution in [3.63, 3.8) is 0 Å². The fourth-order valence-corrected chi connectivity index (χ4v) is 5.23. The molecule has 0 aliphatic carbocycles. The Morgan fingerprint density at radius 1 is 0.816 bits per heavy atom. The first-order chi connectivity index (χ1) is 18.3. The molecule has 0 bridgehead atoms. The highest BCUT2D eigenvalue weighted by atomic mass is 32.2. The quantitative estimate of drug-likeness (QED) is 0.237. The maximum Gasteiger partial charge on any atom is 0.332 e. The summed E-state index contributed by atoms with van der Waals surface area (Å²) in [5.74, 6) is -1.51. The van der Waals surface area contributed by atoms with Gasteiger partial charge in [0, 0.05) is 16.7 Å². The van der Waals surface area contributed by atoms with Gasteiger partial charge in [0.25, 0.3) is 0 Å². The van der Waals surface area contributed by atoms with Crippen molar-refractivity contribution >= 4 is 21.7 Å². The van der Waals surface area contributed by atoms with Crippen LogP contribution in [0, 0.1) is 12.7 Å². The van der Waals surface area contributed by atoms with E-state index in [1.54, 1.807) is 18.2 Å². The molecular formula is C30H27FN2O4S. The minimum atomic E-state index is -4.19. The van der Waals surface area contributed by atoms with Gasteiger partial charge in [0.15, 0.2) is 6.04 Å². The van der Waals surface area contributed by atoms with Crippen molar-refractivity contribution in [2.24, 2.45) is 4.99 Å². The van der Waals surface area contributed by atoms with Crippen molar-refractivity contribution in [3.8, 4) is 0 Å². The monoisotopic (exact) mass is 530 g/mol. The number of benzene rings is 4. The topological polar surface area (TPSA) is 84.8 Å². The van der Waals surface area contributed by atoms with Crippen molar-refractivity contribution in [2.75, 3.05) is 7.11 Å². The number of methoxy groups -OCH3 is 1. The minimum absolute atomic E-state index is 0.0247. The lowest BCUT2D eigenvalue weighted by molar-refractivity contribution is -0.142. The van der Waals surface area contributed by atoms with Crippen LogP contribution in [0.1, 0.15) is 28.3 Å². The molecule has 0 aromatic heterocycles. The van der Waals surface area contributed by atoms with Gasteiger partial charge in [-0.3, -0.25) is 4.99 Å². The Labute approximate surface area is 221 Å². The maximum atomic E-state index is 15.1. The summed E-state index contributed by atoms with van der Waals surface area (Å²) >= 11 is 0. The van der Waals surface area contributed by atoms with E-state index < -0.39 is 33.9 Å². The number of ether oxygens (including phenoxy) is 1. The number of nitrogens with zero attached hydrogens (tertiary/aromatic N) is 1. The SMILES string of the molecule is COC(=O)[C@@H](N=C(c1ccccc1)c1ccccc1)[C@H](NS(=O)(=O)c1ccc(C)cc1)c1ccccc1F. The summed E-state index contributed by atoms with van der Waals surface area (Å²) in [5, 5.41) is 0. The van der Waals surface area contributed by atoms with Gasteiger partial charge in [-0.1, -0.05) is 96.6 Å². The first-order valence-electron chi connectivity index (χ1n) is 11.9. The van der Waals surface area contributed by atoms with Crippen molar-refractivity contribution in [1.82, 2.24) is 4.72 Å². The Kier molecular flexibility index (Phi) is 8.45. The van der Waals surface area contributed by atoms with Gasteiger partial charge in [0.05, 0.1) is 23.8 Å². The van der Waals surface area contributed by atoms with Gasteiger partial charge < -0.3 is 4.74 Å². The molecule has 0 spiro atoms. The van der Waals surface area contributed by atoms with E-state index in [9.17, 15) is 13.2 Å². The normalized spacial score (nSPS) is 12.8. The average Bonchev–Trinajstić information content (AvgIpc) is 2.94. The molecule has 2 atom stereocenters. The fraction of sp³-hybridized carbons (Fsp3) is 0.133. The van der Waals surface area contributed by atoms with Crippen LogP contribution in [0.25, 0.3) is 0 Å².